The van der Waals surface area contributed by atoms with Gasteiger partial charge in [0.1, 0.15) is 11.9 Å². The second kappa shape index (κ2) is 7.09. The molecule has 0 bridgehead atoms. The van der Waals surface area contributed by atoms with Crippen LogP contribution in [0.5, 0.6) is 5.75 Å². The van der Waals surface area contributed by atoms with E-state index in [4.69, 9.17) is 4.74 Å². The van der Waals surface area contributed by atoms with Crippen LogP contribution in [-0.2, 0) is 0 Å². The Kier molecular flexibility index (Phi) is 5.17. The molecule has 2 rings (SSSR count). The fourth-order valence-corrected chi connectivity index (χ4v) is 2.12. The Morgan fingerprint density at radius 3 is 2.80 bits per heavy atom. The average Bonchev–Trinajstić information content (AvgIpc) is 2.85. The van der Waals surface area contributed by atoms with Crippen LogP contribution in [0.1, 0.15) is 13.3 Å². The van der Waals surface area contributed by atoms with E-state index in [1.54, 1.807) is 24.3 Å². The lowest BCUT2D eigenvalue weighted by atomic mass is 10.2. The minimum Gasteiger partial charge on any atom is -0.494 e. The highest BCUT2D eigenvalue weighted by Gasteiger charge is 2.23. The fourth-order valence-electron chi connectivity index (χ4n) is 2.12. The van der Waals surface area contributed by atoms with Gasteiger partial charge in [-0.05, 0) is 37.6 Å². The van der Waals surface area contributed by atoms with Gasteiger partial charge in [-0.1, -0.05) is 0 Å². The lowest BCUT2D eigenvalue weighted by Gasteiger charge is -2.12. The van der Waals surface area contributed by atoms with E-state index >= 15 is 0 Å². The molecular formula is C14H20FN3O2. The Bertz CT molecular complexity index is 439. The van der Waals surface area contributed by atoms with Gasteiger partial charge in [-0.15, -0.1) is 0 Å². The van der Waals surface area contributed by atoms with Crippen LogP contribution >= 0.6 is 0 Å². The Balaban J connectivity index is 1.73. The number of urea groups is 1. The van der Waals surface area contributed by atoms with Crippen LogP contribution < -0.4 is 20.7 Å². The van der Waals surface area contributed by atoms with Crippen molar-refractivity contribution in [2.45, 2.75) is 25.6 Å². The molecule has 1 saturated heterocycles. The van der Waals surface area contributed by atoms with Crippen molar-refractivity contribution in [3.05, 3.63) is 24.3 Å². The van der Waals surface area contributed by atoms with Crippen LogP contribution in [0.4, 0.5) is 14.9 Å². The van der Waals surface area contributed by atoms with E-state index in [-0.39, 0.29) is 12.1 Å². The van der Waals surface area contributed by atoms with Crippen molar-refractivity contribution in [1.29, 1.82) is 0 Å². The van der Waals surface area contributed by atoms with Crippen LogP contribution in [0.3, 0.4) is 0 Å². The number of rotatable bonds is 5. The third-order valence-corrected chi connectivity index (χ3v) is 3.10. The number of alkyl halides is 1. The third kappa shape index (κ3) is 4.38. The standard InChI is InChI=1S/C14H20FN3O2/c1-2-20-13-5-3-11(4-6-13)18-14(19)17-9-12-7-10(15)8-16-12/h3-6,10,12,16H,2,7-9H2,1H3,(H2,17,18,19)/t10-,12-/m0/s1. The molecule has 3 N–H and O–H groups in total. The maximum Gasteiger partial charge on any atom is 0.319 e. The molecule has 0 aromatic heterocycles. The predicted octanol–water partition coefficient (Wildman–Crippen LogP) is 1.91. The van der Waals surface area contributed by atoms with Crippen LogP contribution in [-0.4, -0.2) is 37.9 Å². The second-order valence-corrected chi connectivity index (χ2v) is 4.73. The molecule has 1 aliphatic rings. The molecule has 1 aromatic rings. The third-order valence-electron chi connectivity index (χ3n) is 3.10. The summed E-state index contributed by atoms with van der Waals surface area (Å²) in [4.78, 5) is 11.7. The first-order chi connectivity index (χ1) is 9.67. The van der Waals surface area contributed by atoms with Gasteiger partial charge in [0.25, 0.3) is 0 Å². The molecule has 0 radical (unpaired) electrons. The monoisotopic (exact) mass is 281 g/mol. The van der Waals surface area contributed by atoms with Gasteiger partial charge in [-0.3, -0.25) is 0 Å². The number of nitrogens with one attached hydrogen (secondary N) is 3. The molecule has 20 heavy (non-hydrogen) atoms. The maximum atomic E-state index is 12.9. The predicted molar refractivity (Wildman–Crippen MR) is 75.9 cm³/mol. The summed E-state index contributed by atoms with van der Waals surface area (Å²) in [6, 6.07) is 6.86. The number of ether oxygens (including phenoxy) is 1. The van der Waals surface area contributed by atoms with Gasteiger partial charge in [-0.25, -0.2) is 9.18 Å². The number of hydrogen-bond acceptors (Lipinski definition) is 3. The van der Waals surface area contributed by atoms with E-state index < -0.39 is 6.17 Å². The van der Waals surface area contributed by atoms with Crippen molar-refractivity contribution in [3.8, 4) is 5.75 Å². The molecule has 0 aliphatic carbocycles. The number of amides is 2. The van der Waals surface area contributed by atoms with Gasteiger partial charge >= 0.3 is 6.03 Å². The summed E-state index contributed by atoms with van der Waals surface area (Å²) in [5, 5.41) is 8.46. The number of hydrogen-bond donors (Lipinski definition) is 3. The maximum absolute atomic E-state index is 12.9. The molecular weight excluding hydrogens is 261 g/mol. The first kappa shape index (κ1) is 14.6. The number of benzene rings is 1. The van der Waals surface area contributed by atoms with Crippen molar-refractivity contribution >= 4 is 11.7 Å². The lowest BCUT2D eigenvalue weighted by Crippen LogP contribution is -2.39. The zero-order valence-electron chi connectivity index (χ0n) is 11.5. The lowest BCUT2D eigenvalue weighted by molar-refractivity contribution is 0.251. The molecule has 2 atom stereocenters. The fraction of sp³-hybridized carbons (Fsp3) is 0.500. The number of halogens is 1. The highest BCUT2D eigenvalue weighted by Crippen LogP contribution is 2.15. The van der Waals surface area contributed by atoms with Crippen molar-refractivity contribution in [2.24, 2.45) is 0 Å². The molecule has 110 valence electrons. The highest BCUT2D eigenvalue weighted by molar-refractivity contribution is 5.89. The molecule has 1 fully saturated rings. The Hall–Kier alpha value is -1.82. The van der Waals surface area contributed by atoms with E-state index in [2.05, 4.69) is 16.0 Å². The number of carbonyl (C=O) groups excluding carboxylic acids is 1. The summed E-state index contributed by atoms with van der Waals surface area (Å²) < 4.78 is 18.3. The molecule has 1 aliphatic heterocycles. The smallest absolute Gasteiger partial charge is 0.319 e. The van der Waals surface area contributed by atoms with Crippen LogP contribution in [0.2, 0.25) is 0 Å². The SMILES string of the molecule is CCOc1ccc(NC(=O)NC[C@@H]2C[C@H](F)CN2)cc1. The quantitative estimate of drug-likeness (QED) is 0.772. The molecule has 6 heteroatoms. The molecule has 2 amide bonds. The van der Waals surface area contributed by atoms with E-state index in [0.717, 1.165) is 5.75 Å². The zero-order valence-corrected chi connectivity index (χ0v) is 11.5. The van der Waals surface area contributed by atoms with Gasteiger partial charge in [0, 0.05) is 24.8 Å². The van der Waals surface area contributed by atoms with E-state index in [1.165, 1.54) is 0 Å². The largest absolute Gasteiger partial charge is 0.494 e. The van der Waals surface area contributed by atoms with Crippen LogP contribution in [0.25, 0.3) is 0 Å². The van der Waals surface area contributed by atoms with Gasteiger partial charge in [-0.2, -0.15) is 0 Å². The summed E-state index contributed by atoms with van der Waals surface area (Å²) in [5.41, 5.74) is 0.689. The van der Waals surface area contributed by atoms with E-state index in [9.17, 15) is 9.18 Å². The van der Waals surface area contributed by atoms with Gasteiger partial charge in [0.2, 0.25) is 0 Å². The summed E-state index contributed by atoms with van der Waals surface area (Å²) in [6.45, 7) is 3.31. The van der Waals surface area contributed by atoms with E-state index in [1.807, 2.05) is 6.92 Å². The average molecular weight is 281 g/mol. The van der Waals surface area contributed by atoms with Gasteiger partial charge in [0.05, 0.1) is 6.61 Å². The summed E-state index contributed by atoms with van der Waals surface area (Å²) in [6.07, 6.45) is -0.362. The Morgan fingerprint density at radius 1 is 1.45 bits per heavy atom. The highest BCUT2D eigenvalue weighted by atomic mass is 19.1. The number of carbonyl (C=O) groups is 1. The zero-order chi connectivity index (χ0) is 14.4. The first-order valence-electron chi connectivity index (χ1n) is 6.82. The molecule has 1 heterocycles. The minimum absolute atomic E-state index is 0.0103. The van der Waals surface area contributed by atoms with Crippen LogP contribution in [0, 0.1) is 0 Å². The summed E-state index contributed by atoms with van der Waals surface area (Å²) in [7, 11) is 0. The normalized spacial score (nSPS) is 21.5. The first-order valence-corrected chi connectivity index (χ1v) is 6.82. The van der Waals surface area contributed by atoms with Crippen LogP contribution in [0.15, 0.2) is 24.3 Å². The molecule has 1 aromatic carbocycles. The topological polar surface area (TPSA) is 62.4 Å². The minimum atomic E-state index is -0.809. The molecule has 0 unspecified atom stereocenters. The molecule has 5 nitrogen and oxygen atoms in total. The summed E-state index contributed by atoms with van der Waals surface area (Å²) >= 11 is 0. The van der Waals surface area contributed by atoms with Gasteiger partial charge in [0.15, 0.2) is 0 Å². The number of anilines is 1. The Morgan fingerprint density at radius 2 is 2.20 bits per heavy atom. The second-order valence-electron chi connectivity index (χ2n) is 4.73. The molecule has 0 saturated carbocycles. The van der Waals surface area contributed by atoms with E-state index in [0.29, 0.717) is 31.8 Å². The van der Waals surface area contributed by atoms with Crippen molar-refractivity contribution in [3.63, 3.8) is 0 Å². The van der Waals surface area contributed by atoms with Crippen molar-refractivity contribution in [1.82, 2.24) is 10.6 Å². The van der Waals surface area contributed by atoms with Crippen molar-refractivity contribution < 1.29 is 13.9 Å². The molecule has 0 spiro atoms. The Labute approximate surface area is 117 Å². The summed E-state index contributed by atoms with van der Waals surface area (Å²) in [5.74, 6) is 0.766. The van der Waals surface area contributed by atoms with Gasteiger partial charge < -0.3 is 20.7 Å². The van der Waals surface area contributed by atoms with Crippen molar-refractivity contribution in [2.75, 3.05) is 25.0 Å².